The summed E-state index contributed by atoms with van der Waals surface area (Å²) >= 11 is 0. The summed E-state index contributed by atoms with van der Waals surface area (Å²) in [5.41, 5.74) is 0. The predicted molar refractivity (Wildman–Crippen MR) is 62.3 cm³/mol. The van der Waals surface area contributed by atoms with Gasteiger partial charge in [-0.2, -0.15) is 43.9 Å². The highest BCUT2D eigenvalue weighted by atomic mass is 19.4. The molecule has 152 valence electrons. The van der Waals surface area contributed by atoms with Gasteiger partial charge in [-0.15, -0.1) is 0 Å². The molecule has 1 aliphatic rings. The molecule has 0 aromatic carbocycles. The molecule has 0 aromatic heterocycles. The van der Waals surface area contributed by atoms with E-state index >= 15 is 0 Å². The van der Waals surface area contributed by atoms with Gasteiger partial charge in [0.15, 0.2) is 0 Å². The molecule has 0 unspecified atom stereocenters. The number of carbonyl (C=O) groups excluding carboxylic acids is 2. The lowest BCUT2D eigenvalue weighted by atomic mass is 9.92. The Morgan fingerprint density at radius 1 is 0.731 bits per heavy atom. The van der Waals surface area contributed by atoms with Gasteiger partial charge >= 0.3 is 36.1 Å². The summed E-state index contributed by atoms with van der Waals surface area (Å²) < 4.78 is 127. The maximum atomic E-state index is 12.8. The van der Waals surface area contributed by atoms with E-state index < -0.39 is 61.1 Å². The van der Waals surface area contributed by atoms with Gasteiger partial charge in [0.25, 0.3) is 0 Å². The average molecular weight is 407 g/mol. The number of halogens is 10. The third kappa shape index (κ3) is 4.69. The smallest absolute Gasteiger partial charge is 0.458 e. The molecule has 1 aliphatic carbocycles. The lowest BCUT2D eigenvalue weighted by Crippen LogP contribution is -2.54. The summed E-state index contributed by atoms with van der Waals surface area (Å²) in [5.74, 6) is -16.9. The minimum atomic E-state index is -6.17. The molecular weight excluding hydrogens is 396 g/mol. The summed E-state index contributed by atoms with van der Waals surface area (Å²) in [6, 6.07) is -1.21. The van der Waals surface area contributed by atoms with E-state index in [4.69, 9.17) is 0 Å². The number of carbonyl (C=O) groups is 2. The van der Waals surface area contributed by atoms with Crippen molar-refractivity contribution in [2.45, 2.75) is 62.0 Å². The number of rotatable bonds is 4. The lowest BCUT2D eigenvalue weighted by molar-refractivity contribution is -0.282. The normalized spacial score (nSPS) is 22.7. The van der Waals surface area contributed by atoms with Gasteiger partial charge in [0.05, 0.1) is 0 Å². The molecule has 1 N–H and O–H groups in total. The van der Waals surface area contributed by atoms with E-state index in [0.29, 0.717) is 0 Å². The maximum Gasteiger partial charge on any atom is 0.465 e. The van der Waals surface area contributed by atoms with Crippen LogP contribution < -0.4 is 5.32 Å². The highest BCUT2D eigenvalue weighted by molar-refractivity contribution is 5.84. The zero-order valence-electron chi connectivity index (χ0n) is 12.5. The van der Waals surface area contributed by atoms with Crippen LogP contribution in [0.2, 0.25) is 0 Å². The lowest BCUT2D eigenvalue weighted by Gasteiger charge is -2.31. The van der Waals surface area contributed by atoms with Crippen molar-refractivity contribution in [1.82, 2.24) is 5.32 Å². The number of nitrogens with one attached hydrogen (secondary N) is 1. The molecule has 0 bridgehead atoms. The molecule has 0 heterocycles. The van der Waals surface area contributed by atoms with Crippen molar-refractivity contribution >= 4 is 11.9 Å². The van der Waals surface area contributed by atoms with Crippen molar-refractivity contribution in [1.29, 1.82) is 0 Å². The van der Waals surface area contributed by atoms with Crippen LogP contribution >= 0.6 is 0 Å². The number of alkyl halides is 10. The molecule has 0 spiro atoms. The SMILES string of the molecule is O=C(NC1CCC(OC(=O)C(F)(F)C(F)(F)F)CC1)C(F)(F)C(F)(F)F. The number of hydrogen-bond donors (Lipinski definition) is 1. The van der Waals surface area contributed by atoms with E-state index in [1.165, 1.54) is 5.32 Å². The summed E-state index contributed by atoms with van der Waals surface area (Å²) in [6.07, 6.45) is -15.3. The van der Waals surface area contributed by atoms with Gasteiger partial charge in [-0.05, 0) is 25.7 Å². The third-order valence-electron chi connectivity index (χ3n) is 3.54. The van der Waals surface area contributed by atoms with Crippen LogP contribution in [0.15, 0.2) is 0 Å². The van der Waals surface area contributed by atoms with Gasteiger partial charge < -0.3 is 10.1 Å². The summed E-state index contributed by atoms with van der Waals surface area (Å²) in [4.78, 5) is 21.9. The van der Waals surface area contributed by atoms with Gasteiger partial charge in [-0.3, -0.25) is 4.79 Å². The topological polar surface area (TPSA) is 55.4 Å². The summed E-state index contributed by atoms with van der Waals surface area (Å²) in [6.45, 7) is 0. The van der Waals surface area contributed by atoms with Crippen LogP contribution in [0.25, 0.3) is 0 Å². The molecule has 0 radical (unpaired) electrons. The van der Waals surface area contributed by atoms with Crippen molar-refractivity contribution in [3.8, 4) is 0 Å². The molecule has 1 fully saturated rings. The molecule has 0 aliphatic heterocycles. The zero-order chi connectivity index (χ0) is 20.6. The minimum Gasteiger partial charge on any atom is -0.458 e. The maximum absolute atomic E-state index is 12.8. The van der Waals surface area contributed by atoms with E-state index in [1.54, 1.807) is 0 Å². The second-order valence-electron chi connectivity index (χ2n) is 5.50. The molecule has 1 saturated carbocycles. The van der Waals surface area contributed by atoms with Crippen molar-refractivity contribution in [3.63, 3.8) is 0 Å². The van der Waals surface area contributed by atoms with Crippen molar-refractivity contribution in [3.05, 3.63) is 0 Å². The van der Waals surface area contributed by atoms with Crippen LogP contribution in [-0.2, 0) is 14.3 Å². The van der Waals surface area contributed by atoms with E-state index in [-0.39, 0.29) is 12.8 Å². The van der Waals surface area contributed by atoms with Crippen LogP contribution in [0.4, 0.5) is 43.9 Å². The first-order valence-corrected chi connectivity index (χ1v) is 6.91. The van der Waals surface area contributed by atoms with E-state index in [0.717, 1.165) is 0 Å². The van der Waals surface area contributed by atoms with Crippen LogP contribution in [-0.4, -0.2) is 48.2 Å². The van der Waals surface area contributed by atoms with Gasteiger partial charge in [-0.1, -0.05) is 0 Å². The molecule has 0 atom stereocenters. The molecule has 14 heteroatoms. The van der Waals surface area contributed by atoms with Gasteiger partial charge in [0.1, 0.15) is 6.10 Å². The van der Waals surface area contributed by atoms with Crippen LogP contribution in [0.3, 0.4) is 0 Å². The Morgan fingerprint density at radius 3 is 1.54 bits per heavy atom. The number of amides is 1. The van der Waals surface area contributed by atoms with Crippen LogP contribution in [0, 0.1) is 0 Å². The standard InChI is InChI=1S/C12H11F10NO3/c13-9(14,11(17,18)19)7(24)23-5-1-3-6(4-2-5)26-8(25)10(15,16)12(20,21)22/h5-6H,1-4H2,(H,23,24). The van der Waals surface area contributed by atoms with Gasteiger partial charge in [0, 0.05) is 6.04 Å². The predicted octanol–water partition coefficient (Wildman–Crippen LogP) is 3.35. The Labute approximate surface area is 138 Å². The second kappa shape index (κ2) is 7.10. The monoisotopic (exact) mass is 407 g/mol. The van der Waals surface area contributed by atoms with Crippen molar-refractivity contribution in [2.75, 3.05) is 0 Å². The fraction of sp³-hybridized carbons (Fsp3) is 0.833. The highest BCUT2D eigenvalue weighted by Crippen LogP contribution is 2.38. The fourth-order valence-electron chi connectivity index (χ4n) is 2.07. The van der Waals surface area contributed by atoms with E-state index in [2.05, 4.69) is 4.74 Å². The van der Waals surface area contributed by atoms with Gasteiger partial charge in [0.2, 0.25) is 0 Å². The quantitative estimate of drug-likeness (QED) is 0.575. The fourth-order valence-corrected chi connectivity index (χ4v) is 2.07. The molecule has 26 heavy (non-hydrogen) atoms. The first kappa shape index (κ1) is 22.3. The first-order chi connectivity index (χ1) is 11.5. The minimum absolute atomic E-state index is 0.366. The summed E-state index contributed by atoms with van der Waals surface area (Å²) in [5, 5.41) is 1.42. The number of ether oxygens (including phenoxy) is 1. The van der Waals surface area contributed by atoms with Crippen molar-refractivity contribution in [2.24, 2.45) is 0 Å². The molecule has 0 saturated heterocycles. The Bertz CT molecular complexity index is 486. The highest BCUT2D eigenvalue weighted by Gasteiger charge is 2.65. The Morgan fingerprint density at radius 2 is 1.15 bits per heavy atom. The first-order valence-electron chi connectivity index (χ1n) is 6.91. The Kier molecular flexibility index (Phi) is 6.08. The Balaban J connectivity index is 2.56. The molecule has 1 amide bonds. The van der Waals surface area contributed by atoms with E-state index in [1.807, 2.05) is 0 Å². The Hall–Kier alpha value is -1.76. The van der Waals surface area contributed by atoms with Crippen molar-refractivity contribution < 1.29 is 58.2 Å². The molecular formula is C12H11F10NO3. The average Bonchev–Trinajstić information content (AvgIpc) is 2.46. The second-order valence-corrected chi connectivity index (χ2v) is 5.50. The van der Waals surface area contributed by atoms with Gasteiger partial charge in [-0.25, -0.2) is 4.79 Å². The number of esters is 1. The zero-order valence-corrected chi connectivity index (χ0v) is 12.5. The largest absolute Gasteiger partial charge is 0.465 e. The molecule has 4 nitrogen and oxygen atoms in total. The summed E-state index contributed by atoms with van der Waals surface area (Å²) in [7, 11) is 0. The number of hydrogen-bond acceptors (Lipinski definition) is 3. The van der Waals surface area contributed by atoms with Crippen LogP contribution in [0.5, 0.6) is 0 Å². The molecule has 1 rings (SSSR count). The van der Waals surface area contributed by atoms with E-state index in [9.17, 15) is 53.5 Å². The third-order valence-corrected chi connectivity index (χ3v) is 3.54. The van der Waals surface area contributed by atoms with Crippen LogP contribution in [0.1, 0.15) is 25.7 Å². The molecule has 0 aromatic rings.